The van der Waals surface area contributed by atoms with Gasteiger partial charge in [0.1, 0.15) is 5.75 Å². The maximum atomic E-state index is 13.1. The molecular weight excluding hydrogens is 380 g/mol. The van der Waals surface area contributed by atoms with Crippen LogP contribution in [0.3, 0.4) is 0 Å². The van der Waals surface area contributed by atoms with Gasteiger partial charge >= 0.3 is 0 Å². The van der Waals surface area contributed by atoms with Gasteiger partial charge in [-0.25, -0.2) is 0 Å². The Balaban J connectivity index is 1.70. The van der Waals surface area contributed by atoms with E-state index in [0.29, 0.717) is 6.42 Å². The highest BCUT2D eigenvalue weighted by atomic mass is 16.6. The third kappa shape index (κ3) is 3.41. The van der Waals surface area contributed by atoms with Gasteiger partial charge in [0.05, 0.1) is 16.5 Å². The summed E-state index contributed by atoms with van der Waals surface area (Å²) in [7, 11) is 0. The maximum absolute atomic E-state index is 13.1. The third-order valence-electron chi connectivity index (χ3n) is 5.79. The Hall–Kier alpha value is -3.67. The number of phenolic OH excluding ortho intramolecular Hbond substituents is 1. The highest BCUT2D eigenvalue weighted by Gasteiger charge is 2.60. The van der Waals surface area contributed by atoms with Crippen molar-refractivity contribution in [2.75, 3.05) is 5.32 Å². The molecule has 1 aliphatic carbocycles. The Bertz CT molecular complexity index is 1110. The molecular formula is C24H22N2O4. The molecule has 3 aromatic carbocycles. The van der Waals surface area contributed by atoms with Crippen LogP contribution in [0.4, 0.5) is 11.4 Å². The summed E-state index contributed by atoms with van der Waals surface area (Å²) in [6, 6.07) is 19.9. The van der Waals surface area contributed by atoms with Gasteiger partial charge in [-0.3, -0.25) is 14.9 Å². The number of amides is 1. The lowest BCUT2D eigenvalue weighted by molar-refractivity contribution is -0.384. The summed E-state index contributed by atoms with van der Waals surface area (Å²) in [6.07, 6.45) is 0.626. The number of carbonyl (C=O) groups is 1. The summed E-state index contributed by atoms with van der Waals surface area (Å²) in [5.74, 6) is -0.820. The Labute approximate surface area is 174 Å². The van der Waals surface area contributed by atoms with Gasteiger partial charge in [-0.2, -0.15) is 0 Å². The number of phenols is 1. The fourth-order valence-electron chi connectivity index (χ4n) is 4.19. The Morgan fingerprint density at radius 2 is 1.63 bits per heavy atom. The number of hydrogen-bond acceptors (Lipinski definition) is 4. The number of aryl methyl sites for hydroxylation is 2. The molecule has 152 valence electrons. The van der Waals surface area contributed by atoms with E-state index in [1.54, 1.807) is 0 Å². The van der Waals surface area contributed by atoms with E-state index in [4.69, 9.17) is 0 Å². The normalized spacial score (nSPS) is 16.7. The van der Waals surface area contributed by atoms with E-state index in [1.165, 1.54) is 18.2 Å². The zero-order valence-electron chi connectivity index (χ0n) is 16.8. The molecule has 0 aliphatic heterocycles. The minimum atomic E-state index is -0.560. The lowest BCUT2D eigenvalue weighted by Crippen LogP contribution is -2.22. The molecule has 3 aromatic rings. The van der Waals surface area contributed by atoms with Gasteiger partial charge in [-0.05, 0) is 37.5 Å². The summed E-state index contributed by atoms with van der Waals surface area (Å²) < 4.78 is 0. The molecule has 0 heterocycles. The number of nitrogens with one attached hydrogen (secondary N) is 1. The van der Waals surface area contributed by atoms with Crippen molar-refractivity contribution in [2.45, 2.75) is 25.7 Å². The van der Waals surface area contributed by atoms with Crippen LogP contribution in [0.25, 0.3) is 0 Å². The Morgan fingerprint density at radius 3 is 2.17 bits per heavy atom. The van der Waals surface area contributed by atoms with Gasteiger partial charge in [0.25, 0.3) is 5.69 Å². The first-order valence-corrected chi connectivity index (χ1v) is 9.74. The molecule has 0 aromatic heterocycles. The highest BCUT2D eigenvalue weighted by molar-refractivity contribution is 5.98. The molecule has 30 heavy (non-hydrogen) atoms. The van der Waals surface area contributed by atoms with Crippen LogP contribution in [0.5, 0.6) is 5.75 Å². The molecule has 0 spiro atoms. The van der Waals surface area contributed by atoms with Crippen LogP contribution in [0.2, 0.25) is 0 Å². The second-order valence-corrected chi connectivity index (χ2v) is 7.91. The van der Waals surface area contributed by atoms with Crippen LogP contribution in [0.1, 0.15) is 28.7 Å². The number of non-ortho nitro benzene ring substituents is 1. The molecule has 0 bridgehead atoms. The first-order valence-electron chi connectivity index (χ1n) is 9.74. The minimum absolute atomic E-state index is 0.0449. The Morgan fingerprint density at radius 1 is 1.03 bits per heavy atom. The quantitative estimate of drug-likeness (QED) is 0.362. The number of aromatic hydroxyl groups is 1. The topological polar surface area (TPSA) is 92.5 Å². The number of anilines is 1. The van der Waals surface area contributed by atoms with Crippen molar-refractivity contribution in [3.05, 3.63) is 99.1 Å². The number of benzene rings is 3. The minimum Gasteiger partial charge on any atom is -0.506 e. The number of nitro benzene ring substituents is 1. The number of rotatable bonds is 5. The summed E-state index contributed by atoms with van der Waals surface area (Å²) in [4.78, 5) is 23.6. The summed E-state index contributed by atoms with van der Waals surface area (Å²) in [6.45, 7) is 4.04. The standard InChI is InChI=1S/C24H22N2O4/c1-15-5-3-7-17(11-15)24(18-8-4-6-16(2)12-18)14-20(24)23(28)25-21-13-19(26(29)30)9-10-22(21)27/h3-13,20,27H,14H2,1-2H3,(H,25,28)/t20-/m0/s1. The molecule has 0 unspecified atom stereocenters. The van der Waals surface area contributed by atoms with Crippen LogP contribution in [-0.2, 0) is 10.2 Å². The zero-order valence-corrected chi connectivity index (χ0v) is 16.8. The zero-order chi connectivity index (χ0) is 21.5. The van der Waals surface area contributed by atoms with Crippen LogP contribution in [0, 0.1) is 29.9 Å². The van der Waals surface area contributed by atoms with Crippen molar-refractivity contribution < 1.29 is 14.8 Å². The molecule has 2 N–H and O–H groups in total. The van der Waals surface area contributed by atoms with Gasteiger partial charge in [-0.15, -0.1) is 0 Å². The summed E-state index contributed by atoms with van der Waals surface area (Å²) in [5.41, 5.74) is 3.75. The van der Waals surface area contributed by atoms with Gasteiger partial charge in [0.2, 0.25) is 5.91 Å². The van der Waals surface area contributed by atoms with Crippen molar-refractivity contribution in [1.82, 2.24) is 0 Å². The second kappa shape index (κ2) is 7.30. The molecule has 1 saturated carbocycles. The van der Waals surface area contributed by atoms with Crippen molar-refractivity contribution >= 4 is 17.3 Å². The first-order chi connectivity index (χ1) is 14.3. The molecule has 1 amide bonds. The lowest BCUT2D eigenvalue weighted by Gasteiger charge is -2.20. The Kier molecular flexibility index (Phi) is 4.78. The predicted octanol–water partition coefficient (Wildman–Crippen LogP) is 4.86. The van der Waals surface area contributed by atoms with Gasteiger partial charge in [0.15, 0.2) is 0 Å². The summed E-state index contributed by atoms with van der Waals surface area (Å²) >= 11 is 0. The van der Waals surface area contributed by atoms with E-state index in [0.717, 1.165) is 22.3 Å². The van der Waals surface area contributed by atoms with Crippen LogP contribution >= 0.6 is 0 Å². The highest BCUT2D eigenvalue weighted by Crippen LogP contribution is 2.59. The van der Waals surface area contributed by atoms with E-state index in [1.807, 2.05) is 50.2 Å². The number of carbonyl (C=O) groups excluding carboxylic acids is 1. The predicted molar refractivity (Wildman–Crippen MR) is 115 cm³/mol. The fraction of sp³-hybridized carbons (Fsp3) is 0.208. The second-order valence-electron chi connectivity index (χ2n) is 7.91. The maximum Gasteiger partial charge on any atom is 0.271 e. The van der Waals surface area contributed by atoms with E-state index >= 15 is 0 Å². The number of hydrogen-bond donors (Lipinski definition) is 2. The van der Waals surface area contributed by atoms with E-state index in [-0.39, 0.29) is 28.9 Å². The smallest absolute Gasteiger partial charge is 0.271 e. The summed E-state index contributed by atoms with van der Waals surface area (Å²) in [5, 5.41) is 23.8. The fourth-order valence-corrected chi connectivity index (χ4v) is 4.19. The largest absolute Gasteiger partial charge is 0.506 e. The van der Waals surface area contributed by atoms with Crippen LogP contribution in [-0.4, -0.2) is 15.9 Å². The van der Waals surface area contributed by atoms with Crippen LogP contribution in [0.15, 0.2) is 66.7 Å². The lowest BCUT2D eigenvalue weighted by atomic mass is 9.84. The molecule has 0 radical (unpaired) electrons. The third-order valence-corrected chi connectivity index (χ3v) is 5.79. The molecule has 6 heteroatoms. The van der Waals surface area contributed by atoms with E-state index in [9.17, 15) is 20.0 Å². The molecule has 1 aliphatic rings. The van der Waals surface area contributed by atoms with Gasteiger partial charge in [0, 0.05) is 17.5 Å². The number of nitro groups is 1. The molecule has 6 nitrogen and oxygen atoms in total. The van der Waals surface area contributed by atoms with Crippen molar-refractivity contribution in [3.8, 4) is 5.75 Å². The SMILES string of the molecule is Cc1cccc(C2(c3cccc(C)c3)C[C@H]2C(=O)Nc2cc([N+](=O)[O-])ccc2O)c1. The molecule has 1 atom stereocenters. The average molecular weight is 402 g/mol. The molecule has 1 fully saturated rings. The average Bonchev–Trinajstić information content (AvgIpc) is 3.47. The van der Waals surface area contributed by atoms with E-state index in [2.05, 4.69) is 17.4 Å². The molecule has 0 saturated heterocycles. The molecule has 4 rings (SSSR count). The van der Waals surface area contributed by atoms with Crippen molar-refractivity contribution in [2.24, 2.45) is 5.92 Å². The number of nitrogens with zero attached hydrogens (tertiary/aromatic N) is 1. The van der Waals surface area contributed by atoms with E-state index < -0.39 is 10.3 Å². The van der Waals surface area contributed by atoms with Crippen molar-refractivity contribution in [3.63, 3.8) is 0 Å². The van der Waals surface area contributed by atoms with Crippen molar-refractivity contribution in [1.29, 1.82) is 0 Å². The van der Waals surface area contributed by atoms with Gasteiger partial charge in [-0.1, -0.05) is 59.7 Å². The monoisotopic (exact) mass is 402 g/mol. The van der Waals surface area contributed by atoms with Crippen LogP contribution < -0.4 is 5.32 Å². The van der Waals surface area contributed by atoms with Gasteiger partial charge < -0.3 is 10.4 Å². The first kappa shape index (κ1) is 19.6.